The molecular formula is C14H12ClNO3. The molecule has 0 bridgehead atoms. The highest BCUT2D eigenvalue weighted by molar-refractivity contribution is 6.22. The molecule has 1 aliphatic heterocycles. The van der Waals surface area contributed by atoms with Gasteiger partial charge >= 0.3 is 0 Å². The number of benzene rings is 1. The molecule has 0 aliphatic carbocycles. The van der Waals surface area contributed by atoms with Gasteiger partial charge in [-0.2, -0.15) is 0 Å². The Morgan fingerprint density at radius 1 is 1.32 bits per heavy atom. The van der Waals surface area contributed by atoms with Crippen molar-refractivity contribution in [2.75, 3.05) is 11.9 Å². The Morgan fingerprint density at radius 2 is 2.16 bits per heavy atom. The summed E-state index contributed by atoms with van der Waals surface area (Å²) in [4.78, 5) is 11.3. The normalized spacial score (nSPS) is 15.4. The maximum absolute atomic E-state index is 11.3. The van der Waals surface area contributed by atoms with Crippen molar-refractivity contribution in [3.63, 3.8) is 0 Å². The van der Waals surface area contributed by atoms with Gasteiger partial charge in [0.2, 0.25) is 0 Å². The predicted molar refractivity (Wildman–Crippen MR) is 71.7 cm³/mol. The first kappa shape index (κ1) is 12.1. The maximum atomic E-state index is 11.3. The van der Waals surface area contributed by atoms with Crippen LogP contribution in [0.15, 0.2) is 34.9 Å². The molecule has 0 radical (unpaired) electrons. The SMILES string of the molecule is Cc1cc(C(Cl)c2ccc3c(c2)NC(=O)CO3)co1. The minimum Gasteiger partial charge on any atom is -0.482 e. The molecule has 1 N–H and O–H groups in total. The fraction of sp³-hybridized carbons (Fsp3) is 0.214. The third-order valence-electron chi connectivity index (χ3n) is 2.97. The maximum Gasteiger partial charge on any atom is 0.262 e. The zero-order chi connectivity index (χ0) is 13.4. The zero-order valence-electron chi connectivity index (χ0n) is 10.3. The van der Waals surface area contributed by atoms with Crippen LogP contribution in [0.4, 0.5) is 5.69 Å². The molecule has 2 heterocycles. The van der Waals surface area contributed by atoms with Gasteiger partial charge in [-0.15, -0.1) is 11.6 Å². The number of nitrogens with one attached hydrogen (secondary N) is 1. The molecule has 0 fully saturated rings. The summed E-state index contributed by atoms with van der Waals surface area (Å²) in [5, 5.41) is 2.45. The number of halogens is 1. The smallest absolute Gasteiger partial charge is 0.262 e. The first-order valence-electron chi connectivity index (χ1n) is 5.89. The van der Waals surface area contributed by atoms with E-state index < -0.39 is 0 Å². The van der Waals surface area contributed by atoms with E-state index in [1.807, 2.05) is 31.2 Å². The second-order valence-electron chi connectivity index (χ2n) is 4.45. The van der Waals surface area contributed by atoms with Crippen molar-refractivity contribution in [3.05, 3.63) is 47.4 Å². The largest absolute Gasteiger partial charge is 0.482 e. The number of rotatable bonds is 2. The van der Waals surface area contributed by atoms with E-state index in [2.05, 4.69) is 5.32 Å². The molecule has 1 aromatic heterocycles. The van der Waals surface area contributed by atoms with Gasteiger partial charge in [0.05, 0.1) is 17.3 Å². The molecule has 1 aliphatic rings. The Labute approximate surface area is 115 Å². The molecule has 1 amide bonds. The van der Waals surface area contributed by atoms with Crippen molar-refractivity contribution in [1.29, 1.82) is 0 Å². The molecule has 1 unspecified atom stereocenters. The lowest BCUT2D eigenvalue weighted by Crippen LogP contribution is -2.25. The van der Waals surface area contributed by atoms with E-state index in [-0.39, 0.29) is 17.9 Å². The summed E-state index contributed by atoms with van der Waals surface area (Å²) in [7, 11) is 0. The number of furan rings is 1. The van der Waals surface area contributed by atoms with E-state index >= 15 is 0 Å². The lowest BCUT2D eigenvalue weighted by molar-refractivity contribution is -0.118. The highest BCUT2D eigenvalue weighted by Gasteiger charge is 2.19. The highest BCUT2D eigenvalue weighted by Crippen LogP contribution is 2.35. The second-order valence-corrected chi connectivity index (χ2v) is 4.88. The number of anilines is 1. The van der Waals surface area contributed by atoms with Crippen LogP contribution in [0.5, 0.6) is 5.75 Å². The summed E-state index contributed by atoms with van der Waals surface area (Å²) in [5.41, 5.74) is 2.42. The van der Waals surface area contributed by atoms with Crippen molar-refractivity contribution in [2.24, 2.45) is 0 Å². The quantitative estimate of drug-likeness (QED) is 0.857. The molecule has 4 nitrogen and oxygen atoms in total. The van der Waals surface area contributed by atoms with Crippen LogP contribution in [0.1, 0.15) is 22.3 Å². The number of alkyl halides is 1. The third-order valence-corrected chi connectivity index (χ3v) is 3.48. The molecule has 0 saturated heterocycles. The van der Waals surface area contributed by atoms with Crippen LogP contribution >= 0.6 is 11.6 Å². The molecule has 2 aromatic rings. The van der Waals surface area contributed by atoms with Gasteiger partial charge in [0.25, 0.3) is 5.91 Å². The Kier molecular flexibility index (Phi) is 2.95. The Bertz CT molecular complexity index is 635. The van der Waals surface area contributed by atoms with Crippen LogP contribution in [-0.2, 0) is 4.79 Å². The molecule has 5 heteroatoms. The van der Waals surface area contributed by atoms with Gasteiger partial charge in [0.1, 0.15) is 11.5 Å². The van der Waals surface area contributed by atoms with Crippen molar-refractivity contribution >= 4 is 23.2 Å². The van der Waals surface area contributed by atoms with Crippen LogP contribution in [0.3, 0.4) is 0 Å². The third kappa shape index (κ3) is 2.31. The van der Waals surface area contributed by atoms with Crippen LogP contribution in [0.25, 0.3) is 0 Å². The van der Waals surface area contributed by atoms with Crippen molar-refractivity contribution in [2.45, 2.75) is 12.3 Å². The Balaban J connectivity index is 1.93. The number of aryl methyl sites for hydroxylation is 1. The van der Waals surface area contributed by atoms with E-state index in [9.17, 15) is 4.79 Å². The van der Waals surface area contributed by atoms with Gasteiger partial charge in [0, 0.05) is 5.56 Å². The molecule has 0 spiro atoms. The lowest BCUT2D eigenvalue weighted by Gasteiger charge is -2.19. The summed E-state index contributed by atoms with van der Waals surface area (Å²) in [5.74, 6) is 1.32. The van der Waals surface area contributed by atoms with E-state index in [1.165, 1.54) is 0 Å². The van der Waals surface area contributed by atoms with Crippen LogP contribution in [0.2, 0.25) is 0 Å². The van der Waals surface area contributed by atoms with Gasteiger partial charge in [-0.05, 0) is 30.7 Å². The number of hydrogen-bond donors (Lipinski definition) is 1. The zero-order valence-corrected chi connectivity index (χ0v) is 11.0. The van der Waals surface area contributed by atoms with E-state index in [4.69, 9.17) is 20.8 Å². The molecule has 1 atom stereocenters. The highest BCUT2D eigenvalue weighted by atomic mass is 35.5. The average molecular weight is 278 g/mol. The van der Waals surface area contributed by atoms with E-state index in [1.54, 1.807) is 6.26 Å². The van der Waals surface area contributed by atoms with Gasteiger partial charge in [-0.25, -0.2) is 0 Å². The molecule has 1 aromatic carbocycles. The van der Waals surface area contributed by atoms with E-state index in [0.717, 1.165) is 16.9 Å². The number of ether oxygens (including phenoxy) is 1. The minimum atomic E-state index is -0.318. The molecule has 3 rings (SSSR count). The van der Waals surface area contributed by atoms with Gasteiger partial charge in [-0.1, -0.05) is 6.07 Å². The Hall–Kier alpha value is -1.94. The standard InChI is InChI=1S/C14H12ClNO3/c1-8-4-10(6-18-8)14(15)9-2-3-12-11(5-9)16-13(17)7-19-12/h2-6,14H,7H2,1H3,(H,16,17). The second kappa shape index (κ2) is 4.63. The van der Waals surface area contributed by atoms with Crippen LogP contribution in [-0.4, -0.2) is 12.5 Å². The molecular weight excluding hydrogens is 266 g/mol. The predicted octanol–water partition coefficient (Wildman–Crippen LogP) is 3.25. The molecule has 19 heavy (non-hydrogen) atoms. The van der Waals surface area contributed by atoms with Crippen molar-refractivity contribution < 1.29 is 13.9 Å². The number of amides is 1. The summed E-state index contributed by atoms with van der Waals surface area (Å²) in [6.45, 7) is 1.92. The molecule has 98 valence electrons. The minimum absolute atomic E-state index is 0.0532. The number of fused-ring (bicyclic) bond motifs is 1. The van der Waals surface area contributed by atoms with Gasteiger partial charge < -0.3 is 14.5 Å². The summed E-state index contributed by atoms with van der Waals surface area (Å²) in [6, 6.07) is 7.42. The van der Waals surface area contributed by atoms with Gasteiger partial charge in [0.15, 0.2) is 6.61 Å². The first-order valence-corrected chi connectivity index (χ1v) is 6.33. The van der Waals surface area contributed by atoms with Crippen LogP contribution in [0, 0.1) is 6.92 Å². The number of carbonyl (C=O) groups is 1. The lowest BCUT2D eigenvalue weighted by atomic mass is 10.1. The molecule has 0 saturated carbocycles. The average Bonchev–Trinajstić information content (AvgIpc) is 2.83. The van der Waals surface area contributed by atoms with Gasteiger partial charge in [-0.3, -0.25) is 4.79 Å². The van der Waals surface area contributed by atoms with Crippen molar-refractivity contribution in [3.8, 4) is 5.75 Å². The fourth-order valence-electron chi connectivity index (χ4n) is 2.05. The fourth-order valence-corrected chi connectivity index (χ4v) is 2.30. The summed E-state index contributed by atoms with van der Waals surface area (Å²) < 4.78 is 10.6. The number of hydrogen-bond acceptors (Lipinski definition) is 3. The van der Waals surface area contributed by atoms with Crippen LogP contribution < -0.4 is 10.1 Å². The first-order chi connectivity index (χ1) is 9.13. The topological polar surface area (TPSA) is 51.5 Å². The monoisotopic (exact) mass is 277 g/mol. The number of carbonyl (C=O) groups excluding carboxylic acids is 1. The van der Waals surface area contributed by atoms with Crippen molar-refractivity contribution in [1.82, 2.24) is 0 Å². The Morgan fingerprint density at radius 3 is 2.89 bits per heavy atom. The summed E-state index contributed by atoms with van der Waals surface area (Å²) in [6.07, 6.45) is 1.64. The summed E-state index contributed by atoms with van der Waals surface area (Å²) >= 11 is 6.41. The van der Waals surface area contributed by atoms with E-state index in [0.29, 0.717) is 11.4 Å².